The lowest BCUT2D eigenvalue weighted by atomic mass is 9.85. The molecule has 0 spiro atoms. The highest BCUT2D eigenvalue weighted by Crippen LogP contribution is 2.32. The number of aryl methyl sites for hydroxylation is 1. The summed E-state index contributed by atoms with van der Waals surface area (Å²) in [5, 5.41) is 3.07. The Morgan fingerprint density at radius 2 is 1.81 bits per heavy atom. The van der Waals surface area contributed by atoms with E-state index in [-0.39, 0.29) is 29.9 Å². The Bertz CT molecular complexity index is 957. The summed E-state index contributed by atoms with van der Waals surface area (Å²) in [6.45, 7) is 9.70. The van der Waals surface area contributed by atoms with Crippen LogP contribution in [-0.2, 0) is 10.2 Å². The molecular weight excluding hydrogens is 404 g/mol. The number of rotatable bonds is 6. The monoisotopic (exact) mass is 438 g/mol. The highest BCUT2D eigenvalue weighted by molar-refractivity contribution is 5.94. The molecule has 0 aromatic heterocycles. The maximum absolute atomic E-state index is 12.7. The Kier molecular flexibility index (Phi) is 7.44. The Morgan fingerprint density at radius 1 is 1.09 bits per heavy atom. The highest BCUT2D eigenvalue weighted by Gasteiger charge is 2.25. The van der Waals surface area contributed by atoms with Crippen molar-refractivity contribution in [3.63, 3.8) is 0 Å². The number of benzene rings is 2. The molecule has 0 saturated carbocycles. The normalized spacial score (nSPS) is 14.7. The van der Waals surface area contributed by atoms with Crippen LogP contribution in [0.3, 0.4) is 0 Å². The van der Waals surface area contributed by atoms with E-state index < -0.39 is 0 Å². The van der Waals surface area contributed by atoms with Gasteiger partial charge in [0, 0.05) is 24.7 Å². The van der Waals surface area contributed by atoms with E-state index in [0.717, 1.165) is 24.2 Å². The molecule has 2 amide bonds. The summed E-state index contributed by atoms with van der Waals surface area (Å²) in [5.41, 5.74) is 2.78. The first-order chi connectivity index (χ1) is 15.2. The van der Waals surface area contributed by atoms with E-state index >= 15 is 0 Å². The maximum atomic E-state index is 12.7. The number of methoxy groups -OCH3 is 1. The first kappa shape index (κ1) is 23.6. The third-order valence-corrected chi connectivity index (χ3v) is 5.81. The Hall–Kier alpha value is -3.02. The molecular formula is C26H34N2O4. The number of carbonyl (C=O) groups excluding carboxylic acids is 2. The summed E-state index contributed by atoms with van der Waals surface area (Å²) in [4.78, 5) is 27.1. The lowest BCUT2D eigenvalue weighted by Gasteiger charge is -2.32. The van der Waals surface area contributed by atoms with E-state index in [1.807, 2.05) is 23.1 Å². The summed E-state index contributed by atoms with van der Waals surface area (Å²) >= 11 is 0. The summed E-state index contributed by atoms with van der Waals surface area (Å²) in [6, 6.07) is 13.2. The van der Waals surface area contributed by atoms with Crippen LogP contribution in [0.1, 0.15) is 55.1 Å². The molecule has 1 fully saturated rings. The van der Waals surface area contributed by atoms with Crippen LogP contribution in [0.2, 0.25) is 0 Å². The average molecular weight is 439 g/mol. The number of carbonyl (C=O) groups is 2. The average Bonchev–Trinajstić information content (AvgIpc) is 2.78. The highest BCUT2D eigenvalue weighted by atomic mass is 16.5. The van der Waals surface area contributed by atoms with E-state index in [0.29, 0.717) is 24.4 Å². The molecule has 0 atom stereocenters. The molecule has 0 radical (unpaired) electrons. The van der Waals surface area contributed by atoms with Crippen LogP contribution in [0, 0.1) is 6.92 Å². The lowest BCUT2D eigenvalue weighted by Crippen LogP contribution is -2.47. The molecule has 2 aromatic carbocycles. The molecule has 0 unspecified atom stereocenters. The van der Waals surface area contributed by atoms with Crippen molar-refractivity contribution in [2.75, 3.05) is 26.8 Å². The van der Waals surface area contributed by atoms with E-state index in [1.54, 1.807) is 25.3 Å². The molecule has 32 heavy (non-hydrogen) atoms. The Morgan fingerprint density at radius 3 is 2.47 bits per heavy atom. The molecule has 0 aliphatic carbocycles. The Balaban J connectivity index is 1.50. The van der Waals surface area contributed by atoms with E-state index in [1.165, 1.54) is 5.56 Å². The molecule has 1 N–H and O–H groups in total. The molecule has 1 aliphatic rings. The van der Waals surface area contributed by atoms with E-state index in [9.17, 15) is 9.59 Å². The van der Waals surface area contributed by atoms with Crippen LogP contribution >= 0.6 is 0 Å². The molecule has 6 nitrogen and oxygen atoms in total. The standard InChI is InChI=1S/C26H34N2O4/c1-18-9-10-23(22(15-18)26(2,3)4)32-17-24(29)28-13-11-20(12-14-28)27-25(30)19-7-6-8-21(16-19)31-5/h6-10,15-16,20H,11-14,17H2,1-5H3,(H,27,30). The van der Waals surface area contributed by atoms with Crippen molar-refractivity contribution in [2.45, 2.75) is 52.0 Å². The number of nitrogens with one attached hydrogen (secondary N) is 1. The van der Waals surface area contributed by atoms with Crippen molar-refractivity contribution in [1.29, 1.82) is 0 Å². The molecule has 1 heterocycles. The van der Waals surface area contributed by atoms with Crippen LogP contribution in [0.4, 0.5) is 0 Å². The third kappa shape index (κ3) is 6.02. The number of piperidine rings is 1. The van der Waals surface area contributed by atoms with Crippen LogP contribution in [0.25, 0.3) is 0 Å². The van der Waals surface area contributed by atoms with Gasteiger partial charge in [-0.3, -0.25) is 9.59 Å². The van der Waals surface area contributed by atoms with Gasteiger partial charge in [-0.1, -0.05) is 44.5 Å². The molecule has 172 valence electrons. The summed E-state index contributed by atoms with van der Waals surface area (Å²) in [7, 11) is 1.58. The molecule has 6 heteroatoms. The van der Waals surface area contributed by atoms with Gasteiger partial charge in [0.1, 0.15) is 11.5 Å². The predicted octanol–water partition coefficient (Wildman–Crippen LogP) is 4.10. The fourth-order valence-electron chi connectivity index (χ4n) is 3.89. The van der Waals surface area contributed by atoms with Gasteiger partial charge in [-0.25, -0.2) is 0 Å². The minimum Gasteiger partial charge on any atom is -0.497 e. The zero-order chi connectivity index (χ0) is 23.3. The van der Waals surface area contributed by atoms with Crippen molar-refractivity contribution in [3.05, 3.63) is 59.2 Å². The largest absolute Gasteiger partial charge is 0.497 e. The van der Waals surface area contributed by atoms with Gasteiger partial charge in [0.15, 0.2) is 6.61 Å². The predicted molar refractivity (Wildman–Crippen MR) is 125 cm³/mol. The van der Waals surface area contributed by atoms with Crippen molar-refractivity contribution >= 4 is 11.8 Å². The van der Waals surface area contributed by atoms with Gasteiger partial charge in [-0.2, -0.15) is 0 Å². The quantitative estimate of drug-likeness (QED) is 0.737. The zero-order valence-corrected chi connectivity index (χ0v) is 19.7. The number of hydrogen-bond donors (Lipinski definition) is 1. The maximum Gasteiger partial charge on any atom is 0.260 e. The van der Waals surface area contributed by atoms with E-state index in [2.05, 4.69) is 39.1 Å². The van der Waals surface area contributed by atoms with Crippen LogP contribution in [0.15, 0.2) is 42.5 Å². The molecule has 2 aromatic rings. The fraction of sp³-hybridized carbons (Fsp3) is 0.462. The Labute approximate surface area is 190 Å². The van der Waals surface area contributed by atoms with Crippen molar-refractivity contribution in [1.82, 2.24) is 10.2 Å². The van der Waals surface area contributed by atoms with Crippen molar-refractivity contribution in [3.8, 4) is 11.5 Å². The van der Waals surface area contributed by atoms with Crippen molar-refractivity contribution in [2.24, 2.45) is 0 Å². The van der Waals surface area contributed by atoms with Crippen molar-refractivity contribution < 1.29 is 19.1 Å². The molecule has 0 bridgehead atoms. The van der Waals surface area contributed by atoms with Crippen LogP contribution < -0.4 is 14.8 Å². The van der Waals surface area contributed by atoms with Gasteiger partial charge in [0.25, 0.3) is 11.8 Å². The van der Waals surface area contributed by atoms with Gasteiger partial charge in [-0.15, -0.1) is 0 Å². The zero-order valence-electron chi connectivity index (χ0n) is 19.7. The molecule has 1 saturated heterocycles. The first-order valence-corrected chi connectivity index (χ1v) is 11.1. The second kappa shape index (κ2) is 10.1. The number of ether oxygens (including phenoxy) is 2. The smallest absolute Gasteiger partial charge is 0.260 e. The second-order valence-electron chi connectivity index (χ2n) is 9.40. The molecule has 1 aliphatic heterocycles. The number of amides is 2. The first-order valence-electron chi connectivity index (χ1n) is 11.1. The van der Waals surface area contributed by atoms with E-state index in [4.69, 9.17) is 9.47 Å². The topological polar surface area (TPSA) is 67.9 Å². The minimum absolute atomic E-state index is 0.0208. The summed E-state index contributed by atoms with van der Waals surface area (Å²) in [5.74, 6) is 1.27. The number of likely N-dealkylation sites (tertiary alicyclic amines) is 1. The number of hydrogen-bond acceptors (Lipinski definition) is 4. The lowest BCUT2D eigenvalue weighted by molar-refractivity contribution is -0.134. The van der Waals surface area contributed by atoms with Gasteiger partial charge >= 0.3 is 0 Å². The summed E-state index contributed by atoms with van der Waals surface area (Å²) in [6.07, 6.45) is 1.44. The van der Waals surface area contributed by atoms with Crippen LogP contribution in [0.5, 0.6) is 11.5 Å². The minimum atomic E-state index is -0.119. The SMILES string of the molecule is COc1cccc(C(=O)NC2CCN(C(=O)COc3ccc(C)cc3C(C)(C)C)CC2)c1. The summed E-state index contributed by atoms with van der Waals surface area (Å²) < 4.78 is 11.1. The second-order valence-corrected chi connectivity index (χ2v) is 9.40. The third-order valence-electron chi connectivity index (χ3n) is 5.81. The van der Waals surface area contributed by atoms with Gasteiger partial charge in [0.2, 0.25) is 0 Å². The molecule has 3 rings (SSSR count). The number of nitrogens with zero attached hydrogens (tertiary/aromatic N) is 1. The van der Waals surface area contributed by atoms with Gasteiger partial charge in [-0.05, 0) is 55.0 Å². The van der Waals surface area contributed by atoms with Gasteiger partial charge < -0.3 is 19.7 Å². The van der Waals surface area contributed by atoms with Gasteiger partial charge in [0.05, 0.1) is 7.11 Å². The van der Waals surface area contributed by atoms with Crippen LogP contribution in [-0.4, -0.2) is 49.6 Å². The fourth-order valence-corrected chi connectivity index (χ4v) is 3.89.